The zero-order chi connectivity index (χ0) is 10.7. The Morgan fingerprint density at radius 2 is 2.40 bits per heavy atom. The molecule has 15 heavy (non-hydrogen) atoms. The van der Waals surface area contributed by atoms with Crippen molar-refractivity contribution in [1.82, 2.24) is 9.97 Å². The average molecular weight is 291 g/mol. The lowest BCUT2D eigenvalue weighted by Crippen LogP contribution is -2.28. The molecule has 1 aliphatic carbocycles. The van der Waals surface area contributed by atoms with E-state index in [4.69, 9.17) is 11.6 Å². The van der Waals surface area contributed by atoms with Crippen molar-refractivity contribution in [3.8, 4) is 0 Å². The molecule has 2 rings (SSSR count). The number of hydrogen-bond donors (Lipinski definition) is 1. The number of hydrogen-bond acceptors (Lipinski definition) is 3. The van der Waals surface area contributed by atoms with Gasteiger partial charge in [0.15, 0.2) is 0 Å². The van der Waals surface area contributed by atoms with Crippen LogP contribution in [0.4, 0.5) is 5.82 Å². The molecule has 0 amide bonds. The number of aromatic nitrogens is 2. The van der Waals surface area contributed by atoms with Crippen LogP contribution in [0.15, 0.2) is 17.0 Å². The first-order chi connectivity index (χ1) is 7.27. The molecule has 82 valence electrons. The number of anilines is 1. The van der Waals surface area contributed by atoms with E-state index in [1.165, 1.54) is 25.6 Å². The summed E-state index contributed by atoms with van der Waals surface area (Å²) in [6.07, 6.45) is 7.11. The maximum atomic E-state index is 6.26. The van der Waals surface area contributed by atoms with Gasteiger partial charge in [-0.1, -0.05) is 6.42 Å². The van der Waals surface area contributed by atoms with Gasteiger partial charge in [0.2, 0.25) is 0 Å². The summed E-state index contributed by atoms with van der Waals surface area (Å²) in [6.45, 7) is 0.766. The predicted molar refractivity (Wildman–Crippen MR) is 65.2 cm³/mol. The molecule has 0 saturated heterocycles. The molecule has 1 heterocycles. The second-order valence-electron chi connectivity index (χ2n) is 3.81. The Kier molecular flexibility index (Phi) is 3.81. The summed E-state index contributed by atoms with van der Waals surface area (Å²) in [5.74, 6) is 1.50. The summed E-state index contributed by atoms with van der Waals surface area (Å²) in [7, 11) is 0. The van der Waals surface area contributed by atoms with Crippen LogP contribution in [0.1, 0.15) is 19.3 Å². The lowest BCUT2D eigenvalue weighted by Gasteiger charge is -2.30. The Bertz CT molecular complexity index is 330. The molecule has 1 fully saturated rings. The molecule has 0 radical (unpaired) electrons. The molecule has 1 atom stereocenters. The largest absolute Gasteiger partial charge is 0.368 e. The second kappa shape index (κ2) is 5.12. The van der Waals surface area contributed by atoms with E-state index in [9.17, 15) is 0 Å². The first-order valence-corrected chi connectivity index (χ1v) is 6.34. The number of alkyl halides is 1. The summed E-state index contributed by atoms with van der Waals surface area (Å²) in [5, 5.41) is 3.44. The van der Waals surface area contributed by atoms with Crippen LogP contribution in [0.25, 0.3) is 0 Å². The van der Waals surface area contributed by atoms with E-state index in [0.29, 0.717) is 5.92 Å². The standard InChI is InChI=1S/C10H13BrClN3/c11-8-4-13-6-15-10(8)14-5-9(12)7-2-1-3-7/h4,6-7,9H,1-3,5H2,(H,13,14,15). The monoisotopic (exact) mass is 289 g/mol. The summed E-state index contributed by atoms with van der Waals surface area (Å²) in [4.78, 5) is 8.03. The maximum absolute atomic E-state index is 6.26. The number of halogens is 2. The van der Waals surface area contributed by atoms with Crippen LogP contribution >= 0.6 is 27.5 Å². The fraction of sp³-hybridized carbons (Fsp3) is 0.600. The van der Waals surface area contributed by atoms with Gasteiger partial charge in [0.05, 0.1) is 9.85 Å². The highest BCUT2D eigenvalue weighted by Crippen LogP contribution is 2.32. The number of rotatable bonds is 4. The highest BCUT2D eigenvalue weighted by molar-refractivity contribution is 9.10. The minimum atomic E-state index is 0.209. The minimum Gasteiger partial charge on any atom is -0.368 e. The van der Waals surface area contributed by atoms with E-state index < -0.39 is 0 Å². The highest BCUT2D eigenvalue weighted by atomic mass is 79.9. The van der Waals surface area contributed by atoms with Crippen LogP contribution in [-0.4, -0.2) is 21.9 Å². The minimum absolute atomic E-state index is 0.209. The van der Waals surface area contributed by atoms with Gasteiger partial charge in [0.1, 0.15) is 12.1 Å². The van der Waals surface area contributed by atoms with E-state index >= 15 is 0 Å². The summed E-state index contributed by atoms with van der Waals surface area (Å²) in [5.41, 5.74) is 0. The normalized spacial score (nSPS) is 18.3. The van der Waals surface area contributed by atoms with Crippen LogP contribution in [0.5, 0.6) is 0 Å². The van der Waals surface area contributed by atoms with E-state index in [0.717, 1.165) is 16.8 Å². The topological polar surface area (TPSA) is 37.8 Å². The van der Waals surface area contributed by atoms with Crippen molar-refractivity contribution in [2.45, 2.75) is 24.6 Å². The van der Waals surface area contributed by atoms with E-state index in [1.807, 2.05) is 0 Å². The zero-order valence-electron chi connectivity index (χ0n) is 8.29. The first kappa shape index (κ1) is 11.1. The van der Waals surface area contributed by atoms with Gasteiger partial charge in [-0.15, -0.1) is 11.6 Å². The molecule has 1 aromatic heterocycles. The molecular formula is C10H13BrClN3. The third kappa shape index (κ3) is 2.82. The molecule has 0 spiro atoms. The Hall–Kier alpha value is -0.350. The number of nitrogens with zero attached hydrogens (tertiary/aromatic N) is 2. The van der Waals surface area contributed by atoms with Crippen LogP contribution in [0, 0.1) is 5.92 Å². The van der Waals surface area contributed by atoms with Gasteiger partial charge in [-0.2, -0.15) is 0 Å². The van der Waals surface area contributed by atoms with Gasteiger partial charge < -0.3 is 5.32 Å². The van der Waals surface area contributed by atoms with Crippen molar-refractivity contribution in [2.75, 3.05) is 11.9 Å². The van der Waals surface area contributed by atoms with Crippen molar-refractivity contribution in [2.24, 2.45) is 5.92 Å². The predicted octanol–water partition coefficient (Wildman–Crippen LogP) is 3.06. The smallest absolute Gasteiger partial charge is 0.143 e. The Balaban J connectivity index is 1.84. The second-order valence-corrected chi connectivity index (χ2v) is 5.22. The molecule has 1 aromatic rings. The molecule has 1 aliphatic rings. The molecule has 0 aliphatic heterocycles. The van der Waals surface area contributed by atoms with E-state index in [2.05, 4.69) is 31.2 Å². The Morgan fingerprint density at radius 1 is 1.60 bits per heavy atom. The molecule has 1 unspecified atom stereocenters. The molecular weight excluding hydrogens is 277 g/mol. The van der Waals surface area contributed by atoms with Crippen molar-refractivity contribution < 1.29 is 0 Å². The van der Waals surface area contributed by atoms with Crippen molar-refractivity contribution in [3.63, 3.8) is 0 Å². The molecule has 5 heteroatoms. The molecule has 1 saturated carbocycles. The first-order valence-electron chi connectivity index (χ1n) is 5.11. The lowest BCUT2D eigenvalue weighted by atomic mass is 9.83. The highest BCUT2D eigenvalue weighted by Gasteiger charge is 2.25. The van der Waals surface area contributed by atoms with Crippen LogP contribution in [-0.2, 0) is 0 Å². The summed E-state index contributed by atoms with van der Waals surface area (Å²) in [6, 6.07) is 0. The molecule has 3 nitrogen and oxygen atoms in total. The Morgan fingerprint density at radius 3 is 3.00 bits per heavy atom. The SMILES string of the molecule is ClC(CNc1ncncc1Br)C1CCC1. The van der Waals surface area contributed by atoms with Crippen molar-refractivity contribution >= 4 is 33.3 Å². The van der Waals surface area contributed by atoms with Crippen LogP contribution in [0.2, 0.25) is 0 Å². The number of nitrogens with one attached hydrogen (secondary N) is 1. The van der Waals surface area contributed by atoms with Gasteiger partial charge in [-0.3, -0.25) is 0 Å². The van der Waals surface area contributed by atoms with Gasteiger partial charge in [0.25, 0.3) is 0 Å². The molecule has 0 aromatic carbocycles. The Labute approximate surface area is 103 Å². The fourth-order valence-corrected chi connectivity index (χ4v) is 2.29. The van der Waals surface area contributed by atoms with Gasteiger partial charge in [-0.25, -0.2) is 9.97 Å². The third-order valence-corrected chi connectivity index (χ3v) is 3.88. The van der Waals surface area contributed by atoms with Crippen molar-refractivity contribution in [3.05, 3.63) is 17.0 Å². The maximum Gasteiger partial charge on any atom is 0.143 e. The van der Waals surface area contributed by atoms with Crippen LogP contribution in [0.3, 0.4) is 0 Å². The zero-order valence-corrected chi connectivity index (χ0v) is 10.6. The quantitative estimate of drug-likeness (QED) is 0.866. The van der Waals surface area contributed by atoms with Crippen LogP contribution < -0.4 is 5.32 Å². The summed E-state index contributed by atoms with van der Waals surface area (Å²) < 4.78 is 0.877. The fourth-order valence-electron chi connectivity index (χ4n) is 1.61. The third-order valence-electron chi connectivity index (χ3n) is 2.79. The summed E-state index contributed by atoms with van der Waals surface area (Å²) >= 11 is 9.65. The van der Waals surface area contributed by atoms with Gasteiger partial charge >= 0.3 is 0 Å². The molecule has 1 N–H and O–H groups in total. The van der Waals surface area contributed by atoms with Gasteiger partial charge in [0, 0.05) is 12.7 Å². The van der Waals surface area contributed by atoms with Gasteiger partial charge in [-0.05, 0) is 34.7 Å². The average Bonchev–Trinajstić information content (AvgIpc) is 2.14. The lowest BCUT2D eigenvalue weighted by molar-refractivity contribution is 0.308. The van der Waals surface area contributed by atoms with Crippen molar-refractivity contribution in [1.29, 1.82) is 0 Å². The molecule has 0 bridgehead atoms. The van der Waals surface area contributed by atoms with E-state index in [-0.39, 0.29) is 5.38 Å². The van der Waals surface area contributed by atoms with E-state index in [1.54, 1.807) is 6.20 Å².